The average Bonchev–Trinajstić information content (AvgIpc) is 2.59. The lowest BCUT2D eigenvalue weighted by Crippen LogP contribution is -2.06. The second-order valence-corrected chi connectivity index (χ2v) is 4.53. The second kappa shape index (κ2) is 4.43. The van der Waals surface area contributed by atoms with Gasteiger partial charge in [-0.3, -0.25) is 0 Å². The molecule has 1 fully saturated rings. The molecule has 0 amide bonds. The molecule has 1 aliphatic rings. The first-order chi connectivity index (χ1) is 8.00. The summed E-state index contributed by atoms with van der Waals surface area (Å²) in [4.78, 5) is 11.0. The molecule has 92 valence electrons. The largest absolute Gasteiger partial charge is 0.478 e. The molecule has 2 rings (SSSR count). The lowest BCUT2D eigenvalue weighted by Gasteiger charge is -2.14. The van der Waals surface area contributed by atoms with Gasteiger partial charge in [0, 0.05) is 0 Å². The standard InChI is InChI=1S/C13H14F2O2/c1-7-9(3-2-4-10(7)13(16)17)8-5-11(14)12(15)6-8/h2-4,8,11-12H,5-6H2,1H3,(H,16,17)/t8?,11-,12+. The van der Waals surface area contributed by atoms with Crippen molar-refractivity contribution in [3.63, 3.8) is 0 Å². The highest BCUT2D eigenvalue weighted by Crippen LogP contribution is 2.39. The fourth-order valence-corrected chi connectivity index (χ4v) is 2.52. The Bertz CT molecular complexity index is 435. The molecule has 1 unspecified atom stereocenters. The summed E-state index contributed by atoms with van der Waals surface area (Å²) in [6, 6.07) is 4.90. The Morgan fingerprint density at radius 2 is 1.88 bits per heavy atom. The zero-order chi connectivity index (χ0) is 12.6. The summed E-state index contributed by atoms with van der Waals surface area (Å²) in [5.41, 5.74) is 1.58. The van der Waals surface area contributed by atoms with Crippen LogP contribution in [0.15, 0.2) is 18.2 Å². The molecule has 4 heteroatoms. The number of carboxylic acids is 1. The molecule has 1 aromatic rings. The third-order valence-electron chi connectivity index (χ3n) is 3.46. The highest BCUT2D eigenvalue weighted by molar-refractivity contribution is 5.89. The molecule has 1 aromatic carbocycles. The molecular weight excluding hydrogens is 226 g/mol. The number of benzene rings is 1. The number of rotatable bonds is 2. The molecule has 0 aromatic heterocycles. The Kier molecular flexibility index (Phi) is 3.13. The third-order valence-corrected chi connectivity index (χ3v) is 3.46. The SMILES string of the molecule is Cc1c(C(=O)O)cccc1C1C[C@@H](F)[C@@H](F)C1. The summed E-state index contributed by atoms with van der Waals surface area (Å²) >= 11 is 0. The van der Waals surface area contributed by atoms with Crippen LogP contribution in [0, 0.1) is 6.92 Å². The number of carboxylic acid groups (broad SMARTS) is 1. The Morgan fingerprint density at radius 1 is 1.29 bits per heavy atom. The van der Waals surface area contributed by atoms with Crippen molar-refractivity contribution in [3.8, 4) is 0 Å². The monoisotopic (exact) mass is 240 g/mol. The lowest BCUT2D eigenvalue weighted by molar-refractivity contribution is 0.0696. The molecule has 0 aliphatic heterocycles. The van der Waals surface area contributed by atoms with Crippen LogP contribution in [0.25, 0.3) is 0 Å². The fraction of sp³-hybridized carbons (Fsp3) is 0.462. The van der Waals surface area contributed by atoms with Crippen molar-refractivity contribution in [3.05, 3.63) is 34.9 Å². The molecule has 1 N–H and O–H groups in total. The number of halogens is 2. The molecular formula is C13H14F2O2. The van der Waals surface area contributed by atoms with Gasteiger partial charge in [0.1, 0.15) is 12.3 Å². The van der Waals surface area contributed by atoms with E-state index in [9.17, 15) is 13.6 Å². The summed E-state index contributed by atoms with van der Waals surface area (Å²) in [7, 11) is 0. The first-order valence-electron chi connectivity index (χ1n) is 5.61. The van der Waals surface area contributed by atoms with Crippen LogP contribution in [0.4, 0.5) is 8.78 Å². The molecule has 1 saturated carbocycles. The van der Waals surface area contributed by atoms with Crippen molar-refractivity contribution < 1.29 is 18.7 Å². The van der Waals surface area contributed by atoms with Crippen LogP contribution in [0.3, 0.4) is 0 Å². The van der Waals surface area contributed by atoms with E-state index in [0.29, 0.717) is 5.56 Å². The van der Waals surface area contributed by atoms with Crippen molar-refractivity contribution >= 4 is 5.97 Å². The first kappa shape index (κ1) is 12.0. The Labute approximate surface area is 98.3 Å². The maximum absolute atomic E-state index is 13.2. The summed E-state index contributed by atoms with van der Waals surface area (Å²) in [6.07, 6.45) is -2.56. The van der Waals surface area contributed by atoms with Crippen molar-refractivity contribution in [2.75, 3.05) is 0 Å². The molecule has 1 aliphatic carbocycles. The molecule has 17 heavy (non-hydrogen) atoms. The number of hydrogen-bond acceptors (Lipinski definition) is 1. The van der Waals surface area contributed by atoms with Crippen LogP contribution in [-0.4, -0.2) is 23.4 Å². The number of hydrogen-bond donors (Lipinski definition) is 1. The maximum atomic E-state index is 13.2. The predicted molar refractivity (Wildman–Crippen MR) is 59.9 cm³/mol. The van der Waals surface area contributed by atoms with E-state index < -0.39 is 18.3 Å². The number of aromatic carboxylic acids is 1. The minimum Gasteiger partial charge on any atom is -0.478 e. The highest BCUT2D eigenvalue weighted by atomic mass is 19.2. The van der Waals surface area contributed by atoms with E-state index in [1.165, 1.54) is 6.07 Å². The van der Waals surface area contributed by atoms with Crippen molar-refractivity contribution in [2.45, 2.75) is 38.0 Å². The summed E-state index contributed by atoms with van der Waals surface area (Å²) in [5, 5.41) is 8.99. The molecule has 0 saturated heterocycles. The van der Waals surface area contributed by atoms with Crippen molar-refractivity contribution in [1.82, 2.24) is 0 Å². The van der Waals surface area contributed by atoms with Gasteiger partial charge < -0.3 is 5.11 Å². The Balaban J connectivity index is 2.34. The smallest absolute Gasteiger partial charge is 0.335 e. The van der Waals surface area contributed by atoms with Crippen LogP contribution >= 0.6 is 0 Å². The Hall–Kier alpha value is -1.45. The highest BCUT2D eigenvalue weighted by Gasteiger charge is 2.36. The van der Waals surface area contributed by atoms with Gasteiger partial charge in [-0.1, -0.05) is 12.1 Å². The van der Waals surface area contributed by atoms with Crippen LogP contribution in [0.1, 0.15) is 40.2 Å². The minimum atomic E-state index is -1.42. The molecule has 3 atom stereocenters. The quantitative estimate of drug-likeness (QED) is 0.861. The van der Waals surface area contributed by atoms with Crippen LogP contribution < -0.4 is 0 Å². The van der Waals surface area contributed by atoms with Crippen molar-refractivity contribution in [1.29, 1.82) is 0 Å². The minimum absolute atomic E-state index is 0.144. The normalized spacial score (nSPS) is 28.3. The van der Waals surface area contributed by atoms with Gasteiger partial charge in [-0.05, 0) is 42.9 Å². The lowest BCUT2D eigenvalue weighted by atomic mass is 9.91. The zero-order valence-corrected chi connectivity index (χ0v) is 9.49. The van der Waals surface area contributed by atoms with Crippen LogP contribution in [0.5, 0.6) is 0 Å². The van der Waals surface area contributed by atoms with Crippen LogP contribution in [0.2, 0.25) is 0 Å². The van der Waals surface area contributed by atoms with Gasteiger partial charge in [0.2, 0.25) is 0 Å². The fourth-order valence-electron chi connectivity index (χ4n) is 2.52. The summed E-state index contributed by atoms with van der Waals surface area (Å²) in [6.45, 7) is 1.69. The second-order valence-electron chi connectivity index (χ2n) is 4.53. The number of alkyl halides is 2. The maximum Gasteiger partial charge on any atom is 0.335 e. The Morgan fingerprint density at radius 3 is 2.41 bits per heavy atom. The molecule has 0 heterocycles. The molecule has 0 bridgehead atoms. The summed E-state index contributed by atoms with van der Waals surface area (Å²) in [5.74, 6) is -1.21. The first-order valence-corrected chi connectivity index (χ1v) is 5.61. The van der Waals surface area contributed by atoms with Crippen molar-refractivity contribution in [2.24, 2.45) is 0 Å². The molecule has 0 spiro atoms. The van der Waals surface area contributed by atoms with Gasteiger partial charge >= 0.3 is 5.97 Å². The van der Waals surface area contributed by atoms with Gasteiger partial charge in [-0.15, -0.1) is 0 Å². The van der Waals surface area contributed by atoms with Gasteiger partial charge in [-0.2, -0.15) is 0 Å². The predicted octanol–water partition coefficient (Wildman–Crippen LogP) is 3.25. The van der Waals surface area contributed by atoms with E-state index >= 15 is 0 Å². The van der Waals surface area contributed by atoms with E-state index in [-0.39, 0.29) is 24.3 Å². The zero-order valence-electron chi connectivity index (χ0n) is 9.49. The van der Waals surface area contributed by atoms with Gasteiger partial charge in [0.15, 0.2) is 0 Å². The van der Waals surface area contributed by atoms with E-state index in [1.807, 2.05) is 0 Å². The summed E-state index contributed by atoms with van der Waals surface area (Å²) < 4.78 is 26.3. The third kappa shape index (κ3) is 2.16. The van der Waals surface area contributed by atoms with Crippen LogP contribution in [-0.2, 0) is 0 Å². The van der Waals surface area contributed by atoms with Gasteiger partial charge in [-0.25, -0.2) is 13.6 Å². The van der Waals surface area contributed by atoms with E-state index in [1.54, 1.807) is 19.1 Å². The van der Waals surface area contributed by atoms with Gasteiger partial charge in [0.05, 0.1) is 5.56 Å². The number of carbonyl (C=O) groups is 1. The van der Waals surface area contributed by atoms with E-state index in [0.717, 1.165) is 5.56 Å². The average molecular weight is 240 g/mol. The molecule has 0 radical (unpaired) electrons. The molecule has 2 nitrogen and oxygen atoms in total. The van der Waals surface area contributed by atoms with Gasteiger partial charge in [0.25, 0.3) is 0 Å². The van der Waals surface area contributed by atoms with E-state index in [2.05, 4.69) is 0 Å². The topological polar surface area (TPSA) is 37.3 Å². The van der Waals surface area contributed by atoms with E-state index in [4.69, 9.17) is 5.11 Å².